The van der Waals surface area contributed by atoms with Gasteiger partial charge in [-0.3, -0.25) is 0 Å². The van der Waals surface area contributed by atoms with E-state index in [2.05, 4.69) is 42.5 Å². The van der Waals surface area contributed by atoms with E-state index in [0.29, 0.717) is 5.92 Å². The molecular weight excluding hydrogens is 254 g/mol. The molecule has 2 heterocycles. The summed E-state index contributed by atoms with van der Waals surface area (Å²) in [5.74, 6) is 0.443. The minimum absolute atomic E-state index is 0.0725. The van der Waals surface area contributed by atoms with E-state index in [0.717, 1.165) is 39.1 Å². The third-order valence-corrected chi connectivity index (χ3v) is 4.38. The molecule has 3 unspecified atom stereocenters. The predicted molar refractivity (Wildman–Crippen MR) is 79.7 cm³/mol. The van der Waals surface area contributed by atoms with Crippen molar-refractivity contribution in [3.63, 3.8) is 0 Å². The van der Waals surface area contributed by atoms with Gasteiger partial charge in [0.1, 0.15) is 0 Å². The molecule has 5 heteroatoms. The van der Waals surface area contributed by atoms with Gasteiger partial charge in [-0.25, -0.2) is 4.79 Å². The van der Waals surface area contributed by atoms with Crippen LogP contribution < -0.4 is 10.6 Å². The van der Waals surface area contributed by atoms with Crippen molar-refractivity contribution < 1.29 is 9.53 Å². The number of nitrogens with one attached hydrogen (secondary N) is 2. The Labute approximate surface area is 121 Å². The molecule has 20 heavy (non-hydrogen) atoms. The largest absolute Gasteiger partial charge is 0.381 e. The lowest BCUT2D eigenvalue weighted by molar-refractivity contribution is 0.177. The van der Waals surface area contributed by atoms with Crippen LogP contribution in [-0.2, 0) is 4.74 Å². The van der Waals surface area contributed by atoms with Gasteiger partial charge in [-0.15, -0.1) is 0 Å². The number of likely N-dealkylation sites (N-methyl/N-ethyl adjacent to an activating group) is 1. The van der Waals surface area contributed by atoms with Gasteiger partial charge in [0.05, 0.1) is 6.61 Å². The number of ether oxygens (including phenoxy) is 1. The lowest BCUT2D eigenvalue weighted by Gasteiger charge is -2.27. The van der Waals surface area contributed by atoms with E-state index in [1.54, 1.807) is 0 Å². The van der Waals surface area contributed by atoms with Crippen LogP contribution in [0.4, 0.5) is 4.79 Å². The molecule has 0 saturated carbocycles. The molecule has 0 aliphatic carbocycles. The van der Waals surface area contributed by atoms with Crippen LogP contribution in [0.15, 0.2) is 11.6 Å². The molecule has 2 aliphatic rings. The summed E-state index contributed by atoms with van der Waals surface area (Å²) >= 11 is 0. The van der Waals surface area contributed by atoms with Gasteiger partial charge in [0, 0.05) is 37.7 Å². The highest BCUT2D eigenvalue weighted by molar-refractivity contribution is 5.75. The van der Waals surface area contributed by atoms with Crippen molar-refractivity contribution >= 4 is 6.03 Å². The first-order valence-corrected chi connectivity index (χ1v) is 7.58. The van der Waals surface area contributed by atoms with Crippen molar-refractivity contribution in [3.8, 4) is 0 Å². The molecular formula is C15H27N3O2. The number of urea groups is 1. The second-order valence-electron chi connectivity index (χ2n) is 6.04. The quantitative estimate of drug-likeness (QED) is 0.765. The molecule has 3 atom stereocenters. The molecule has 0 radical (unpaired) electrons. The highest BCUT2D eigenvalue weighted by Gasteiger charge is 2.24. The fourth-order valence-corrected chi connectivity index (χ4v) is 2.78. The van der Waals surface area contributed by atoms with E-state index in [-0.39, 0.29) is 18.1 Å². The molecule has 2 amide bonds. The summed E-state index contributed by atoms with van der Waals surface area (Å²) in [5.41, 5.74) is 1.33. The zero-order chi connectivity index (χ0) is 14.5. The smallest absolute Gasteiger partial charge is 0.315 e. The van der Waals surface area contributed by atoms with Crippen LogP contribution in [0, 0.1) is 5.92 Å². The summed E-state index contributed by atoms with van der Waals surface area (Å²) in [6, 6.07) is 0.198. The van der Waals surface area contributed by atoms with Gasteiger partial charge in [-0.05, 0) is 39.3 Å². The average Bonchev–Trinajstić information content (AvgIpc) is 2.93. The van der Waals surface area contributed by atoms with Crippen LogP contribution >= 0.6 is 0 Å². The third kappa shape index (κ3) is 4.21. The summed E-state index contributed by atoms with van der Waals surface area (Å²) in [6.07, 6.45) is 4.29. The van der Waals surface area contributed by atoms with E-state index < -0.39 is 0 Å². The van der Waals surface area contributed by atoms with Gasteiger partial charge in [0.15, 0.2) is 0 Å². The molecule has 2 rings (SSSR count). The molecule has 114 valence electrons. The fraction of sp³-hybridized carbons (Fsp3) is 0.800. The van der Waals surface area contributed by atoms with Gasteiger partial charge < -0.3 is 20.3 Å². The average molecular weight is 281 g/mol. The maximum absolute atomic E-state index is 12.0. The highest BCUT2D eigenvalue weighted by atomic mass is 16.5. The lowest BCUT2D eigenvalue weighted by atomic mass is 10.0. The molecule has 1 fully saturated rings. The normalized spacial score (nSPS) is 26.8. The van der Waals surface area contributed by atoms with Crippen molar-refractivity contribution in [1.82, 2.24) is 15.5 Å². The van der Waals surface area contributed by atoms with Crippen LogP contribution in [-0.4, -0.2) is 56.4 Å². The van der Waals surface area contributed by atoms with Gasteiger partial charge >= 0.3 is 6.03 Å². The van der Waals surface area contributed by atoms with E-state index in [1.165, 1.54) is 5.57 Å². The minimum Gasteiger partial charge on any atom is -0.381 e. The Hall–Kier alpha value is -1.07. The second-order valence-corrected chi connectivity index (χ2v) is 6.04. The van der Waals surface area contributed by atoms with Gasteiger partial charge in [0.2, 0.25) is 0 Å². The van der Waals surface area contributed by atoms with Gasteiger partial charge in [0.25, 0.3) is 0 Å². The topological polar surface area (TPSA) is 53.6 Å². The van der Waals surface area contributed by atoms with Crippen molar-refractivity contribution in [2.24, 2.45) is 5.92 Å². The first kappa shape index (κ1) is 15.3. The lowest BCUT2D eigenvalue weighted by Crippen LogP contribution is -2.48. The number of amides is 2. The molecule has 0 aromatic heterocycles. The summed E-state index contributed by atoms with van der Waals surface area (Å²) in [7, 11) is 2.11. The van der Waals surface area contributed by atoms with Crippen molar-refractivity contribution in [3.05, 3.63) is 11.6 Å². The summed E-state index contributed by atoms with van der Waals surface area (Å²) in [6.45, 7) is 7.72. The van der Waals surface area contributed by atoms with Crippen molar-refractivity contribution in [2.75, 3.05) is 33.4 Å². The SMILES string of the molecule is CC(NC(=O)NC(C)C1CCOC1)C1=CCN(C)CC1. The number of carbonyl (C=O) groups is 1. The van der Waals surface area contributed by atoms with Gasteiger partial charge in [-0.2, -0.15) is 0 Å². The van der Waals surface area contributed by atoms with Crippen LogP contribution in [0.25, 0.3) is 0 Å². The Morgan fingerprint density at radius 2 is 2.25 bits per heavy atom. The Morgan fingerprint density at radius 3 is 2.85 bits per heavy atom. The summed E-state index contributed by atoms with van der Waals surface area (Å²) in [4.78, 5) is 14.3. The zero-order valence-corrected chi connectivity index (χ0v) is 12.8. The Balaban J connectivity index is 1.76. The first-order valence-electron chi connectivity index (χ1n) is 7.58. The van der Waals surface area contributed by atoms with Crippen LogP contribution in [0.5, 0.6) is 0 Å². The Kier molecular flexibility index (Phi) is 5.43. The fourth-order valence-electron chi connectivity index (χ4n) is 2.78. The second kappa shape index (κ2) is 7.09. The Morgan fingerprint density at radius 1 is 1.45 bits per heavy atom. The van der Waals surface area contributed by atoms with E-state index >= 15 is 0 Å². The van der Waals surface area contributed by atoms with Crippen LogP contribution in [0.3, 0.4) is 0 Å². The van der Waals surface area contributed by atoms with E-state index in [1.807, 2.05) is 0 Å². The van der Waals surface area contributed by atoms with E-state index in [4.69, 9.17) is 4.74 Å². The molecule has 0 aromatic rings. The molecule has 5 nitrogen and oxygen atoms in total. The van der Waals surface area contributed by atoms with Crippen LogP contribution in [0.2, 0.25) is 0 Å². The Bertz CT molecular complexity index is 364. The summed E-state index contributed by atoms with van der Waals surface area (Å²) < 4.78 is 5.36. The van der Waals surface area contributed by atoms with Crippen molar-refractivity contribution in [2.45, 2.75) is 38.8 Å². The third-order valence-electron chi connectivity index (χ3n) is 4.38. The standard InChI is InChI=1S/C15H27N3O2/c1-11(13-4-7-18(3)8-5-13)16-15(19)17-12(2)14-6-9-20-10-14/h4,11-12,14H,5-10H2,1-3H3,(H2,16,17,19). The van der Waals surface area contributed by atoms with Crippen LogP contribution in [0.1, 0.15) is 26.7 Å². The van der Waals surface area contributed by atoms with E-state index in [9.17, 15) is 4.79 Å². The molecule has 0 spiro atoms. The maximum Gasteiger partial charge on any atom is 0.315 e. The number of rotatable bonds is 4. The molecule has 2 N–H and O–H groups in total. The molecule has 2 aliphatic heterocycles. The number of carbonyl (C=O) groups excluding carboxylic acids is 1. The number of hydrogen-bond donors (Lipinski definition) is 2. The molecule has 1 saturated heterocycles. The van der Waals surface area contributed by atoms with Gasteiger partial charge in [-0.1, -0.05) is 6.08 Å². The first-order chi connectivity index (χ1) is 9.56. The zero-order valence-electron chi connectivity index (χ0n) is 12.8. The minimum atomic E-state index is -0.0725. The monoisotopic (exact) mass is 281 g/mol. The number of hydrogen-bond acceptors (Lipinski definition) is 3. The van der Waals surface area contributed by atoms with Crippen molar-refractivity contribution in [1.29, 1.82) is 0 Å². The maximum atomic E-state index is 12.0. The number of nitrogens with zero attached hydrogens (tertiary/aromatic N) is 1. The molecule has 0 aromatic carbocycles. The predicted octanol–water partition coefficient (Wildman–Crippen LogP) is 1.36. The summed E-state index contributed by atoms with van der Waals surface area (Å²) in [5, 5.41) is 6.07. The molecule has 0 bridgehead atoms. The highest BCUT2D eigenvalue weighted by Crippen LogP contribution is 2.16.